The van der Waals surface area contributed by atoms with Crippen molar-refractivity contribution < 1.29 is 4.74 Å². The summed E-state index contributed by atoms with van der Waals surface area (Å²) in [6.07, 6.45) is 2.24. The fraction of sp³-hybridized carbons (Fsp3) is 0.857. The fourth-order valence-corrected chi connectivity index (χ4v) is 0.674. The van der Waals surface area contributed by atoms with Gasteiger partial charge in [0.2, 0.25) is 0 Å². The van der Waals surface area contributed by atoms with Crippen LogP contribution in [-0.2, 0) is 4.74 Å². The van der Waals surface area contributed by atoms with Gasteiger partial charge in [0, 0.05) is 0 Å². The number of ether oxygens (including phenoxy) is 1. The molecule has 8 heavy (non-hydrogen) atoms. The van der Waals surface area contributed by atoms with Gasteiger partial charge in [0.1, 0.15) is 0 Å². The van der Waals surface area contributed by atoms with Crippen LogP contribution in [0.2, 0.25) is 0 Å². The van der Waals surface area contributed by atoms with Crippen LogP contribution in [-0.4, -0.2) is 5.60 Å². The topological polar surface area (TPSA) is 9.23 Å². The summed E-state index contributed by atoms with van der Waals surface area (Å²) in [6, 6.07) is 0. The van der Waals surface area contributed by atoms with Crippen molar-refractivity contribution in [2.45, 2.75) is 39.2 Å². The van der Waals surface area contributed by atoms with E-state index >= 15 is 0 Å². The van der Waals surface area contributed by atoms with Crippen molar-refractivity contribution >= 4 is 0 Å². The largest absolute Gasteiger partial charge is 0.373 e. The van der Waals surface area contributed by atoms with Gasteiger partial charge in [0.25, 0.3) is 0 Å². The Bertz CT molecular complexity index is 57.4. The summed E-state index contributed by atoms with van der Waals surface area (Å²) in [5.74, 6) is 0. The van der Waals surface area contributed by atoms with Crippen LogP contribution in [0.4, 0.5) is 0 Å². The van der Waals surface area contributed by atoms with Crippen LogP contribution in [0, 0.1) is 7.11 Å². The van der Waals surface area contributed by atoms with Crippen molar-refractivity contribution in [1.82, 2.24) is 0 Å². The molecular weight excluding hydrogens is 100 g/mol. The maximum Gasteiger partial charge on any atom is 0.0708 e. The van der Waals surface area contributed by atoms with Gasteiger partial charge in [0.15, 0.2) is 0 Å². The van der Waals surface area contributed by atoms with Gasteiger partial charge >= 0.3 is 0 Å². The Morgan fingerprint density at radius 3 is 2.12 bits per heavy atom. The molecule has 1 nitrogen and oxygen atoms in total. The number of hydrogen-bond acceptors (Lipinski definition) is 1. The maximum atomic E-state index is 4.93. The van der Waals surface area contributed by atoms with E-state index in [-0.39, 0.29) is 5.60 Å². The average molecular weight is 115 g/mol. The van der Waals surface area contributed by atoms with Crippen LogP contribution in [0.15, 0.2) is 0 Å². The molecule has 0 atom stereocenters. The molecule has 0 N–H and O–H groups in total. The molecule has 49 valence electrons. The highest BCUT2D eigenvalue weighted by atomic mass is 16.5. The Morgan fingerprint density at radius 2 is 2.00 bits per heavy atom. The summed E-state index contributed by atoms with van der Waals surface area (Å²) in [5.41, 5.74) is -0.0191. The van der Waals surface area contributed by atoms with Gasteiger partial charge in [0.05, 0.1) is 12.7 Å². The normalized spacial score (nSPS) is 12.0. The molecular formula is C7H15O. The molecule has 0 aliphatic carbocycles. The first-order valence-electron chi connectivity index (χ1n) is 3.05. The van der Waals surface area contributed by atoms with Crippen molar-refractivity contribution in [2.24, 2.45) is 0 Å². The third kappa shape index (κ3) is 3.03. The third-order valence-corrected chi connectivity index (χ3v) is 1.24. The zero-order valence-corrected chi connectivity index (χ0v) is 6.03. The molecule has 0 spiro atoms. The Kier molecular flexibility index (Phi) is 3.06. The molecule has 0 rings (SSSR count). The van der Waals surface area contributed by atoms with E-state index < -0.39 is 0 Å². The lowest BCUT2D eigenvalue weighted by molar-refractivity contribution is 0.0435. The summed E-state index contributed by atoms with van der Waals surface area (Å²) < 4.78 is 4.93. The lowest BCUT2D eigenvalue weighted by Crippen LogP contribution is -2.20. The van der Waals surface area contributed by atoms with E-state index in [9.17, 15) is 0 Å². The number of hydrogen-bond donors (Lipinski definition) is 0. The first kappa shape index (κ1) is 7.96. The highest BCUT2D eigenvalue weighted by molar-refractivity contribution is 4.66. The fourth-order valence-electron chi connectivity index (χ4n) is 0.674. The number of rotatable bonds is 3. The van der Waals surface area contributed by atoms with E-state index in [2.05, 4.69) is 14.0 Å². The summed E-state index contributed by atoms with van der Waals surface area (Å²) in [5, 5.41) is 0. The van der Waals surface area contributed by atoms with E-state index in [0.29, 0.717) is 0 Å². The lowest BCUT2D eigenvalue weighted by Gasteiger charge is -2.20. The van der Waals surface area contributed by atoms with Gasteiger partial charge in [-0.1, -0.05) is 13.3 Å². The molecule has 0 bridgehead atoms. The summed E-state index contributed by atoms with van der Waals surface area (Å²) in [4.78, 5) is 0. The molecule has 0 heterocycles. The Balaban J connectivity index is 3.37. The Labute approximate surface area is 52.0 Å². The van der Waals surface area contributed by atoms with Gasteiger partial charge in [-0.3, -0.25) is 0 Å². The molecule has 1 radical (unpaired) electrons. The second kappa shape index (κ2) is 3.08. The zero-order valence-electron chi connectivity index (χ0n) is 6.03. The molecule has 0 amide bonds. The molecule has 0 aromatic heterocycles. The molecule has 0 saturated heterocycles. The van der Waals surface area contributed by atoms with Crippen LogP contribution < -0.4 is 0 Å². The summed E-state index contributed by atoms with van der Waals surface area (Å²) >= 11 is 0. The van der Waals surface area contributed by atoms with Gasteiger partial charge in [-0.15, -0.1) is 0 Å². The van der Waals surface area contributed by atoms with Crippen LogP contribution in [0.25, 0.3) is 0 Å². The van der Waals surface area contributed by atoms with Crippen LogP contribution in [0.5, 0.6) is 0 Å². The van der Waals surface area contributed by atoms with Crippen molar-refractivity contribution in [2.75, 3.05) is 0 Å². The Hall–Kier alpha value is -0.0400. The summed E-state index contributed by atoms with van der Waals surface area (Å²) in [7, 11) is 3.38. The molecule has 0 unspecified atom stereocenters. The van der Waals surface area contributed by atoms with Crippen LogP contribution in [0.1, 0.15) is 33.6 Å². The molecule has 1 heteroatoms. The van der Waals surface area contributed by atoms with Crippen molar-refractivity contribution in [3.8, 4) is 0 Å². The monoisotopic (exact) mass is 115 g/mol. The van der Waals surface area contributed by atoms with E-state index in [1.54, 1.807) is 0 Å². The standard InChI is InChI=1S/C7H15O/c1-5-6-7(2,3)8-4/h4-6H2,1-3H3. The second-order valence-corrected chi connectivity index (χ2v) is 2.65. The molecule has 0 aromatic rings. The van der Waals surface area contributed by atoms with Gasteiger partial charge in [-0.2, -0.15) is 0 Å². The van der Waals surface area contributed by atoms with Crippen molar-refractivity contribution in [3.05, 3.63) is 7.11 Å². The lowest BCUT2D eigenvalue weighted by atomic mass is 10.0. The van der Waals surface area contributed by atoms with E-state index in [0.717, 1.165) is 12.8 Å². The van der Waals surface area contributed by atoms with Crippen LogP contribution >= 0.6 is 0 Å². The van der Waals surface area contributed by atoms with Crippen molar-refractivity contribution in [1.29, 1.82) is 0 Å². The quantitative estimate of drug-likeness (QED) is 0.548. The minimum absolute atomic E-state index is 0.0191. The SMILES string of the molecule is [CH2]OC(C)(C)CCC. The maximum absolute atomic E-state index is 4.93. The van der Waals surface area contributed by atoms with Crippen molar-refractivity contribution in [3.63, 3.8) is 0 Å². The van der Waals surface area contributed by atoms with Gasteiger partial charge < -0.3 is 4.74 Å². The first-order valence-corrected chi connectivity index (χ1v) is 3.05. The van der Waals surface area contributed by atoms with E-state index in [1.807, 2.05) is 13.8 Å². The highest BCUT2D eigenvalue weighted by Gasteiger charge is 2.13. The molecule has 0 saturated carbocycles. The molecule has 0 fully saturated rings. The minimum Gasteiger partial charge on any atom is -0.373 e. The van der Waals surface area contributed by atoms with Crippen LogP contribution in [0.3, 0.4) is 0 Å². The third-order valence-electron chi connectivity index (χ3n) is 1.24. The Morgan fingerprint density at radius 1 is 1.50 bits per heavy atom. The van der Waals surface area contributed by atoms with E-state index in [1.165, 1.54) is 0 Å². The minimum atomic E-state index is -0.0191. The molecule has 0 aliphatic rings. The highest BCUT2D eigenvalue weighted by Crippen LogP contribution is 2.14. The average Bonchev–Trinajstić information content (AvgIpc) is 1.67. The summed E-state index contributed by atoms with van der Waals surface area (Å²) in [6.45, 7) is 6.23. The predicted octanol–water partition coefficient (Wildman–Crippen LogP) is 2.37. The smallest absolute Gasteiger partial charge is 0.0708 e. The molecule has 0 aliphatic heterocycles. The molecule has 0 aromatic carbocycles. The first-order chi connectivity index (χ1) is 3.62. The predicted molar refractivity (Wildman–Crippen MR) is 35.4 cm³/mol. The second-order valence-electron chi connectivity index (χ2n) is 2.65. The van der Waals surface area contributed by atoms with Gasteiger partial charge in [-0.25, -0.2) is 0 Å². The zero-order chi connectivity index (χ0) is 6.62. The van der Waals surface area contributed by atoms with Gasteiger partial charge in [-0.05, 0) is 20.3 Å². The van der Waals surface area contributed by atoms with E-state index in [4.69, 9.17) is 4.74 Å².